The van der Waals surface area contributed by atoms with Gasteiger partial charge in [0.25, 0.3) is 5.69 Å². The Morgan fingerprint density at radius 3 is 1.89 bits per heavy atom. The van der Waals surface area contributed by atoms with Crippen molar-refractivity contribution in [1.29, 1.82) is 0 Å². The van der Waals surface area contributed by atoms with Crippen LogP contribution in [-0.2, 0) is 20.6 Å². The Balaban J connectivity index is 3.23. The maximum absolute atomic E-state index is 10.9. The number of rotatable bonds is 5. The van der Waals surface area contributed by atoms with E-state index in [4.69, 9.17) is 9.11 Å². The van der Waals surface area contributed by atoms with Gasteiger partial charge in [0.05, 0.1) is 10.6 Å². The lowest BCUT2D eigenvalue weighted by Gasteiger charge is -2.18. The molecule has 1 aromatic rings. The van der Waals surface area contributed by atoms with Crippen molar-refractivity contribution in [2.24, 2.45) is 0 Å². The molecule has 0 atom stereocenters. The Labute approximate surface area is 107 Å². The molecule has 1 aromatic carbocycles. The molecule has 0 saturated carbocycles. The minimum atomic E-state index is -5.07. The van der Waals surface area contributed by atoms with Crippen LogP contribution in [0.25, 0.3) is 0 Å². The molecule has 3 N–H and O–H groups in total. The van der Waals surface area contributed by atoms with Gasteiger partial charge in [0.2, 0.25) is 0 Å². The van der Waals surface area contributed by atoms with Crippen molar-refractivity contribution in [3.05, 3.63) is 34.4 Å². The van der Waals surface area contributed by atoms with Crippen molar-refractivity contribution in [3.63, 3.8) is 0 Å². The number of non-ortho nitro benzene ring substituents is 1. The van der Waals surface area contributed by atoms with Crippen molar-refractivity contribution in [2.45, 2.75) is 0 Å². The number of hydrazine groups is 1. The molecule has 0 bridgehead atoms. The van der Waals surface area contributed by atoms with Crippen LogP contribution in [0.2, 0.25) is 0 Å². The van der Waals surface area contributed by atoms with Crippen LogP contribution in [-0.4, -0.2) is 30.9 Å². The molecule has 11 nitrogen and oxygen atoms in total. The number of anilines is 1. The van der Waals surface area contributed by atoms with E-state index >= 15 is 0 Å². The van der Waals surface area contributed by atoms with E-state index in [1.807, 2.05) is 0 Å². The van der Waals surface area contributed by atoms with E-state index in [-0.39, 0.29) is 10.1 Å². The van der Waals surface area contributed by atoms with Gasteiger partial charge in [-0.3, -0.25) is 19.2 Å². The van der Waals surface area contributed by atoms with Gasteiger partial charge in [0, 0.05) is 12.1 Å². The Bertz CT molecular complexity index is 680. The van der Waals surface area contributed by atoms with Crippen molar-refractivity contribution < 1.29 is 30.9 Å². The summed E-state index contributed by atoms with van der Waals surface area (Å²) >= 11 is 0. The largest absolute Gasteiger partial charge is 0.374 e. The van der Waals surface area contributed by atoms with Crippen LogP contribution in [0.3, 0.4) is 0 Å². The second-order valence-corrected chi connectivity index (χ2v) is 5.48. The quantitative estimate of drug-likeness (QED) is 0.372. The Kier molecular flexibility index (Phi) is 4.06. The summed E-state index contributed by atoms with van der Waals surface area (Å²) in [5.74, 6) is 0. The molecule has 0 aliphatic carbocycles. The topological polar surface area (TPSA) is 167 Å². The molecule has 0 aliphatic rings. The van der Waals surface area contributed by atoms with E-state index in [1.165, 1.54) is 0 Å². The highest BCUT2D eigenvalue weighted by Gasteiger charge is 2.24. The average molecular weight is 313 g/mol. The molecule has 13 heteroatoms. The number of nitro benzene ring substituents is 1. The van der Waals surface area contributed by atoms with E-state index in [9.17, 15) is 26.9 Å². The van der Waals surface area contributed by atoms with Gasteiger partial charge >= 0.3 is 20.6 Å². The lowest BCUT2D eigenvalue weighted by Crippen LogP contribution is -2.45. The first kappa shape index (κ1) is 15.3. The van der Waals surface area contributed by atoms with Gasteiger partial charge in [-0.15, -0.1) is 0 Å². The van der Waals surface area contributed by atoms with E-state index in [2.05, 4.69) is 0 Å². The molecular formula is C6H7N3O8S2. The van der Waals surface area contributed by atoms with Gasteiger partial charge in [0.1, 0.15) is 0 Å². The number of nitrogens with one attached hydrogen (secondary N) is 1. The van der Waals surface area contributed by atoms with Gasteiger partial charge in [-0.05, 0) is 12.1 Å². The van der Waals surface area contributed by atoms with Crippen LogP contribution < -0.4 is 9.25 Å². The minimum Gasteiger partial charge on any atom is -0.272 e. The summed E-state index contributed by atoms with van der Waals surface area (Å²) in [6.07, 6.45) is 0. The lowest BCUT2D eigenvalue weighted by molar-refractivity contribution is -0.384. The summed E-state index contributed by atoms with van der Waals surface area (Å²) in [6.45, 7) is 0. The summed E-state index contributed by atoms with van der Waals surface area (Å²) in [6, 6.07) is 3.45. The standard InChI is InChI=1S/C6H7N3O8S2/c10-9(11)6-3-1-5(2-4-6)8(19(15,16)17)7-18(12,13)14/h1-4,7H,(H,12,13,14)(H,15,16,17). The fourth-order valence-electron chi connectivity index (χ4n) is 1.05. The maximum Gasteiger partial charge on any atom is 0.374 e. The molecule has 19 heavy (non-hydrogen) atoms. The molecule has 0 radical (unpaired) electrons. The molecule has 0 unspecified atom stereocenters. The second kappa shape index (κ2) is 5.06. The van der Waals surface area contributed by atoms with Crippen molar-refractivity contribution in [2.75, 3.05) is 4.41 Å². The molecule has 0 fully saturated rings. The monoisotopic (exact) mass is 313 g/mol. The molecule has 0 spiro atoms. The summed E-state index contributed by atoms with van der Waals surface area (Å²) < 4.78 is 60.0. The maximum atomic E-state index is 10.9. The number of nitro groups is 1. The highest BCUT2D eigenvalue weighted by atomic mass is 32.2. The highest BCUT2D eigenvalue weighted by molar-refractivity contribution is 7.89. The third-order valence-electron chi connectivity index (χ3n) is 1.72. The van der Waals surface area contributed by atoms with Gasteiger partial charge in [0.15, 0.2) is 0 Å². The Morgan fingerprint density at radius 1 is 1.11 bits per heavy atom. The fraction of sp³-hybridized carbons (Fsp3) is 0. The normalized spacial score (nSPS) is 12.1. The van der Waals surface area contributed by atoms with Crippen molar-refractivity contribution >= 4 is 32.0 Å². The number of benzene rings is 1. The Hall–Kier alpha value is -1.80. The molecule has 0 aromatic heterocycles. The number of hydrogen-bond donors (Lipinski definition) is 3. The van der Waals surface area contributed by atoms with Gasteiger partial charge < -0.3 is 0 Å². The van der Waals surface area contributed by atoms with Crippen LogP contribution in [0.1, 0.15) is 0 Å². The molecular weight excluding hydrogens is 306 g/mol. The van der Waals surface area contributed by atoms with Gasteiger partial charge in [-0.1, -0.05) is 4.83 Å². The predicted octanol–water partition coefficient (Wildman–Crippen LogP) is -0.489. The first-order valence-corrected chi connectivity index (χ1v) is 7.11. The third kappa shape index (κ3) is 4.42. The molecule has 0 amide bonds. The zero-order valence-corrected chi connectivity index (χ0v) is 10.5. The molecule has 0 saturated heterocycles. The lowest BCUT2D eigenvalue weighted by atomic mass is 10.3. The summed E-state index contributed by atoms with van der Waals surface area (Å²) in [4.78, 5) is 10.7. The summed E-state index contributed by atoms with van der Waals surface area (Å²) in [5.41, 5.74) is -0.850. The van der Waals surface area contributed by atoms with Crippen LogP contribution in [0.15, 0.2) is 24.3 Å². The Morgan fingerprint density at radius 2 is 1.58 bits per heavy atom. The van der Waals surface area contributed by atoms with E-state index in [1.54, 1.807) is 0 Å². The molecule has 1 rings (SSSR count). The summed E-state index contributed by atoms with van der Waals surface area (Å²) in [7, 11) is -10.0. The van der Waals surface area contributed by atoms with E-state index < -0.39 is 31.2 Å². The van der Waals surface area contributed by atoms with E-state index in [0.717, 1.165) is 29.1 Å². The smallest absolute Gasteiger partial charge is 0.272 e. The first-order valence-electron chi connectivity index (χ1n) is 4.28. The fourth-order valence-corrected chi connectivity index (χ4v) is 2.41. The molecule has 106 valence electrons. The van der Waals surface area contributed by atoms with Crippen LogP contribution >= 0.6 is 0 Å². The van der Waals surface area contributed by atoms with Crippen LogP contribution in [0, 0.1) is 10.1 Å². The van der Waals surface area contributed by atoms with E-state index in [0.29, 0.717) is 0 Å². The van der Waals surface area contributed by atoms with Gasteiger partial charge in [-0.2, -0.15) is 21.2 Å². The number of nitrogens with zero attached hydrogens (tertiary/aromatic N) is 2. The van der Waals surface area contributed by atoms with Crippen LogP contribution in [0.4, 0.5) is 11.4 Å². The highest BCUT2D eigenvalue weighted by Crippen LogP contribution is 2.20. The first-order chi connectivity index (χ1) is 8.50. The summed E-state index contributed by atoms with van der Waals surface area (Å²) in [5, 5.41) is 10.4. The zero-order valence-electron chi connectivity index (χ0n) is 8.86. The SMILES string of the molecule is O=[N+]([O-])c1ccc(N(NS(=O)(=O)O)S(=O)(=O)O)cc1. The minimum absolute atomic E-state index is 0.272. The molecule has 0 aliphatic heterocycles. The number of hydrogen-bond acceptors (Lipinski definition) is 6. The second-order valence-electron chi connectivity index (χ2n) is 3.08. The van der Waals surface area contributed by atoms with Crippen LogP contribution in [0.5, 0.6) is 0 Å². The van der Waals surface area contributed by atoms with Crippen molar-refractivity contribution in [3.8, 4) is 0 Å². The third-order valence-corrected chi connectivity index (χ3v) is 3.02. The van der Waals surface area contributed by atoms with Gasteiger partial charge in [-0.25, -0.2) is 0 Å². The molecule has 0 heterocycles. The zero-order chi connectivity index (χ0) is 14.8. The average Bonchev–Trinajstić information content (AvgIpc) is 2.23. The van der Waals surface area contributed by atoms with Crippen molar-refractivity contribution in [1.82, 2.24) is 4.83 Å². The predicted molar refractivity (Wildman–Crippen MR) is 61.8 cm³/mol.